The van der Waals surface area contributed by atoms with Crippen LogP contribution in [0.25, 0.3) is 0 Å². The minimum atomic E-state index is -1.07. The zero-order valence-corrected chi connectivity index (χ0v) is 20.7. The third-order valence-corrected chi connectivity index (χ3v) is 8.25. The topological polar surface area (TPSA) is 127 Å². The number of hydrogen-bond donors (Lipinski definition) is 4. The Morgan fingerprint density at radius 1 is 0.706 bits per heavy atom. The number of carbonyl (C=O) groups is 2. The molecule has 0 fully saturated rings. The quantitative estimate of drug-likeness (QED) is 0.198. The molecule has 3 aromatic carbocycles. The van der Waals surface area contributed by atoms with Crippen molar-refractivity contribution in [2.45, 2.75) is 35.5 Å². The van der Waals surface area contributed by atoms with Crippen LogP contribution in [0.1, 0.15) is 57.5 Å². The average molecular weight is 497 g/mol. The van der Waals surface area contributed by atoms with Gasteiger partial charge >= 0.3 is 11.9 Å². The summed E-state index contributed by atoms with van der Waals surface area (Å²) in [7, 11) is 0. The summed E-state index contributed by atoms with van der Waals surface area (Å²) >= 11 is 3.06. The van der Waals surface area contributed by atoms with Gasteiger partial charge in [0.2, 0.25) is 0 Å². The molecule has 2 atom stereocenters. The first-order valence-corrected chi connectivity index (χ1v) is 12.8. The van der Waals surface area contributed by atoms with E-state index in [1.165, 1.54) is 35.7 Å². The van der Waals surface area contributed by atoms with E-state index in [1.54, 1.807) is 0 Å². The number of thioether (sulfide) groups is 2. The van der Waals surface area contributed by atoms with Gasteiger partial charge in [0.1, 0.15) is 0 Å². The molecule has 6 N–H and O–H groups in total. The van der Waals surface area contributed by atoms with Gasteiger partial charge in [-0.05, 0) is 59.4 Å². The first-order chi connectivity index (χ1) is 16.2. The fourth-order valence-corrected chi connectivity index (χ4v) is 5.90. The predicted octanol–water partition coefficient (Wildman–Crippen LogP) is 6.04. The highest BCUT2D eigenvalue weighted by Gasteiger charge is 2.28. The molecule has 0 spiro atoms. The molecule has 0 saturated carbocycles. The summed E-state index contributed by atoms with van der Waals surface area (Å²) in [6.45, 7) is 3.86. The number of carboxylic acids is 2. The average Bonchev–Trinajstić information content (AvgIpc) is 2.81. The SMILES string of the molecule is CC(CSc1ccccc1N)c1c(C(=O)O)ccc(C(=O)O)c1C(C)CSc1ccccc1N. The first-order valence-electron chi connectivity index (χ1n) is 10.8. The molecule has 0 amide bonds. The lowest BCUT2D eigenvalue weighted by Gasteiger charge is -2.25. The van der Waals surface area contributed by atoms with E-state index in [2.05, 4.69) is 0 Å². The maximum Gasteiger partial charge on any atom is 0.335 e. The Bertz CT molecular complexity index is 1110. The van der Waals surface area contributed by atoms with E-state index in [-0.39, 0.29) is 23.0 Å². The zero-order chi connectivity index (χ0) is 24.8. The van der Waals surface area contributed by atoms with Crippen molar-refractivity contribution in [2.75, 3.05) is 23.0 Å². The number of rotatable bonds is 10. The smallest absolute Gasteiger partial charge is 0.335 e. The molecule has 0 saturated heterocycles. The Morgan fingerprint density at radius 2 is 1.06 bits per heavy atom. The molecular formula is C26H28N2O4S2. The monoisotopic (exact) mass is 496 g/mol. The van der Waals surface area contributed by atoms with Gasteiger partial charge in [-0.1, -0.05) is 38.1 Å². The number of nitrogens with two attached hydrogens (primary N) is 2. The van der Waals surface area contributed by atoms with Crippen LogP contribution in [0.15, 0.2) is 70.5 Å². The van der Waals surface area contributed by atoms with Gasteiger partial charge in [-0.3, -0.25) is 0 Å². The molecule has 0 radical (unpaired) electrons. The molecular weight excluding hydrogens is 468 g/mol. The first kappa shape index (κ1) is 25.5. The summed E-state index contributed by atoms with van der Waals surface area (Å²) in [5.74, 6) is -1.49. The van der Waals surface area contributed by atoms with Crippen LogP contribution in [0.4, 0.5) is 11.4 Å². The number of para-hydroxylation sites is 2. The van der Waals surface area contributed by atoms with E-state index in [9.17, 15) is 19.8 Å². The highest BCUT2D eigenvalue weighted by atomic mass is 32.2. The van der Waals surface area contributed by atoms with Crippen molar-refractivity contribution in [3.8, 4) is 0 Å². The van der Waals surface area contributed by atoms with Crippen LogP contribution in [0.5, 0.6) is 0 Å². The largest absolute Gasteiger partial charge is 0.478 e. The van der Waals surface area contributed by atoms with Crippen molar-refractivity contribution < 1.29 is 19.8 Å². The van der Waals surface area contributed by atoms with Crippen LogP contribution in [0, 0.1) is 0 Å². The van der Waals surface area contributed by atoms with Crippen LogP contribution < -0.4 is 11.5 Å². The van der Waals surface area contributed by atoms with E-state index in [0.29, 0.717) is 34.0 Å². The van der Waals surface area contributed by atoms with Crippen LogP contribution >= 0.6 is 23.5 Å². The second-order valence-corrected chi connectivity index (χ2v) is 10.2. The summed E-state index contributed by atoms with van der Waals surface area (Å²) < 4.78 is 0. The fraction of sp³-hybridized carbons (Fsp3) is 0.231. The predicted molar refractivity (Wildman–Crippen MR) is 140 cm³/mol. The Balaban J connectivity index is 1.99. The Labute approximate surface area is 207 Å². The lowest BCUT2D eigenvalue weighted by molar-refractivity contribution is 0.0678. The molecule has 0 aliphatic heterocycles. The maximum absolute atomic E-state index is 12.1. The van der Waals surface area contributed by atoms with Gasteiger partial charge < -0.3 is 21.7 Å². The van der Waals surface area contributed by atoms with Crippen molar-refractivity contribution in [1.29, 1.82) is 0 Å². The standard InChI is InChI=1S/C26H28N2O4S2/c1-15(13-33-21-9-5-3-7-19(21)27)23-17(25(29)30)11-12-18(26(31)32)24(23)16(2)14-34-22-10-6-4-8-20(22)28/h3-12,15-16H,13-14,27-28H2,1-2H3,(H,29,30)(H,31,32). The van der Waals surface area contributed by atoms with E-state index < -0.39 is 11.9 Å². The summed E-state index contributed by atoms with van der Waals surface area (Å²) in [4.78, 5) is 26.1. The third-order valence-electron chi connectivity index (χ3n) is 5.55. The van der Waals surface area contributed by atoms with E-state index >= 15 is 0 Å². The molecule has 0 aliphatic carbocycles. The van der Waals surface area contributed by atoms with Crippen LogP contribution in [0.2, 0.25) is 0 Å². The fourth-order valence-electron chi connectivity index (χ4n) is 3.89. The molecule has 178 valence electrons. The Kier molecular flexibility index (Phi) is 8.52. The Hall–Kier alpha value is -3.10. The van der Waals surface area contributed by atoms with Gasteiger partial charge in [-0.15, -0.1) is 23.5 Å². The molecule has 6 nitrogen and oxygen atoms in total. The summed E-state index contributed by atoms with van der Waals surface area (Å²) in [5, 5.41) is 19.9. The number of carboxylic acid groups (broad SMARTS) is 2. The zero-order valence-electron chi connectivity index (χ0n) is 19.0. The molecule has 34 heavy (non-hydrogen) atoms. The second-order valence-electron chi connectivity index (χ2n) is 8.10. The van der Waals surface area contributed by atoms with Gasteiger partial charge in [0.15, 0.2) is 0 Å². The number of aromatic carboxylic acids is 2. The number of anilines is 2. The summed E-state index contributed by atoms with van der Waals surface area (Å²) in [5.41, 5.74) is 14.8. The maximum atomic E-state index is 12.1. The van der Waals surface area contributed by atoms with Crippen LogP contribution in [0.3, 0.4) is 0 Å². The molecule has 8 heteroatoms. The number of hydrogen-bond acceptors (Lipinski definition) is 6. The normalized spacial score (nSPS) is 12.8. The minimum Gasteiger partial charge on any atom is -0.478 e. The third kappa shape index (κ3) is 5.87. The van der Waals surface area contributed by atoms with Crippen molar-refractivity contribution in [3.05, 3.63) is 82.9 Å². The van der Waals surface area contributed by atoms with Crippen molar-refractivity contribution in [3.63, 3.8) is 0 Å². The summed E-state index contributed by atoms with van der Waals surface area (Å²) in [6, 6.07) is 17.8. The molecule has 3 rings (SSSR count). The Morgan fingerprint density at radius 3 is 1.38 bits per heavy atom. The molecule has 0 heterocycles. The second kappa shape index (κ2) is 11.4. The summed E-state index contributed by atoms with van der Waals surface area (Å²) in [6.07, 6.45) is 0. The molecule has 3 aromatic rings. The van der Waals surface area contributed by atoms with Crippen LogP contribution in [-0.2, 0) is 0 Å². The van der Waals surface area contributed by atoms with Crippen molar-refractivity contribution in [1.82, 2.24) is 0 Å². The van der Waals surface area contributed by atoms with Gasteiger partial charge in [-0.2, -0.15) is 0 Å². The van der Waals surface area contributed by atoms with E-state index in [4.69, 9.17) is 11.5 Å². The van der Waals surface area contributed by atoms with E-state index in [0.717, 1.165) is 9.79 Å². The van der Waals surface area contributed by atoms with Crippen LogP contribution in [-0.4, -0.2) is 33.7 Å². The molecule has 0 aliphatic rings. The van der Waals surface area contributed by atoms with Gasteiger partial charge in [0, 0.05) is 32.7 Å². The van der Waals surface area contributed by atoms with Gasteiger partial charge in [-0.25, -0.2) is 9.59 Å². The lowest BCUT2D eigenvalue weighted by Crippen LogP contribution is -2.17. The molecule has 0 aromatic heterocycles. The minimum absolute atomic E-state index is 0.130. The number of nitrogen functional groups attached to an aromatic ring is 2. The highest BCUT2D eigenvalue weighted by Crippen LogP contribution is 2.39. The highest BCUT2D eigenvalue weighted by molar-refractivity contribution is 7.99. The van der Waals surface area contributed by atoms with Crippen molar-refractivity contribution >= 4 is 46.8 Å². The molecule has 0 bridgehead atoms. The van der Waals surface area contributed by atoms with Gasteiger partial charge in [0.05, 0.1) is 11.1 Å². The van der Waals surface area contributed by atoms with Crippen molar-refractivity contribution in [2.24, 2.45) is 0 Å². The molecule has 2 unspecified atom stereocenters. The van der Waals surface area contributed by atoms with Gasteiger partial charge in [0.25, 0.3) is 0 Å². The number of benzene rings is 3. The van der Waals surface area contributed by atoms with E-state index in [1.807, 2.05) is 62.4 Å². The lowest BCUT2D eigenvalue weighted by atomic mass is 9.83.